The normalized spacial score (nSPS) is 24.2. The minimum Gasteiger partial charge on any atom is -0.493 e. The second kappa shape index (κ2) is 8.46. The number of nitrogens with one attached hydrogen (secondary N) is 1. The molecule has 1 fully saturated rings. The molecule has 3 atom stereocenters. The van der Waals surface area contributed by atoms with Gasteiger partial charge in [0.2, 0.25) is 5.75 Å². The summed E-state index contributed by atoms with van der Waals surface area (Å²) < 4.78 is 62.2. The number of alkyl halides is 3. The molecule has 1 aromatic rings. The van der Waals surface area contributed by atoms with Gasteiger partial charge in [0, 0.05) is 7.05 Å². The van der Waals surface area contributed by atoms with Gasteiger partial charge in [0.1, 0.15) is 5.92 Å². The molecule has 0 aromatic heterocycles. The number of halogens is 3. The molecule has 2 N–H and O–H groups in total. The molecule has 1 aliphatic rings. The summed E-state index contributed by atoms with van der Waals surface area (Å²) in [6.07, 6.45) is -5.37. The quantitative estimate of drug-likeness (QED) is 0.656. The molecule has 0 radical (unpaired) electrons. The Morgan fingerprint density at radius 1 is 1.20 bits per heavy atom. The van der Waals surface area contributed by atoms with Gasteiger partial charge in [-0.15, -0.1) is 0 Å². The Morgan fingerprint density at radius 3 is 2.13 bits per heavy atom. The van der Waals surface area contributed by atoms with E-state index in [0.29, 0.717) is 0 Å². The summed E-state index contributed by atoms with van der Waals surface area (Å²) in [5.41, 5.74) is -3.82. The van der Waals surface area contributed by atoms with E-state index >= 15 is 0 Å². The van der Waals surface area contributed by atoms with Crippen molar-refractivity contribution < 1.29 is 46.8 Å². The van der Waals surface area contributed by atoms with Gasteiger partial charge in [0.25, 0.3) is 5.72 Å². The van der Waals surface area contributed by atoms with E-state index in [1.807, 2.05) is 0 Å². The highest BCUT2D eigenvalue weighted by molar-refractivity contribution is 5.83. The maximum absolute atomic E-state index is 13.9. The van der Waals surface area contributed by atoms with Gasteiger partial charge in [-0.3, -0.25) is 9.69 Å². The van der Waals surface area contributed by atoms with Gasteiger partial charge >= 0.3 is 18.2 Å². The van der Waals surface area contributed by atoms with Crippen molar-refractivity contribution in [3.05, 3.63) is 17.7 Å². The summed E-state index contributed by atoms with van der Waals surface area (Å²) >= 11 is 0. The van der Waals surface area contributed by atoms with Crippen molar-refractivity contribution in [2.75, 3.05) is 35.0 Å². The molecular formula is C18H23F3N2O7. The smallest absolute Gasteiger partial charge is 0.437 e. The summed E-state index contributed by atoms with van der Waals surface area (Å²) in [6, 6.07) is -0.302. The monoisotopic (exact) mass is 436 g/mol. The average Bonchev–Trinajstić information content (AvgIpc) is 2.69. The van der Waals surface area contributed by atoms with Crippen LogP contribution < -0.4 is 19.5 Å². The van der Waals surface area contributed by atoms with E-state index in [4.69, 9.17) is 18.9 Å². The maximum atomic E-state index is 13.9. The Hall–Kier alpha value is -2.89. The highest BCUT2D eigenvalue weighted by atomic mass is 19.4. The van der Waals surface area contributed by atoms with Crippen LogP contribution in [0.15, 0.2) is 12.1 Å². The van der Waals surface area contributed by atoms with Gasteiger partial charge in [0.15, 0.2) is 11.5 Å². The van der Waals surface area contributed by atoms with Gasteiger partial charge in [-0.25, -0.2) is 4.79 Å². The molecule has 0 spiro atoms. The van der Waals surface area contributed by atoms with Gasteiger partial charge in [0.05, 0.1) is 34.0 Å². The summed E-state index contributed by atoms with van der Waals surface area (Å²) in [4.78, 5) is 24.9. The minimum atomic E-state index is -5.37. The number of carbonyl (C=O) groups is 2. The first-order valence-electron chi connectivity index (χ1n) is 8.77. The first-order chi connectivity index (χ1) is 14.0. The number of urea groups is 1. The topological polar surface area (TPSA) is 107 Å². The van der Waals surface area contributed by atoms with E-state index < -0.39 is 35.9 Å². The molecule has 2 amide bonds. The first-order valence-corrected chi connectivity index (χ1v) is 8.77. The van der Waals surface area contributed by atoms with Gasteiger partial charge in [-0.2, -0.15) is 13.2 Å². The lowest BCUT2D eigenvalue weighted by atomic mass is 9.81. The van der Waals surface area contributed by atoms with E-state index in [1.54, 1.807) is 0 Å². The number of aliphatic hydroxyl groups is 1. The Bertz CT molecular complexity index is 792. The molecular weight excluding hydrogens is 413 g/mol. The van der Waals surface area contributed by atoms with Crippen molar-refractivity contribution in [1.82, 2.24) is 10.2 Å². The molecule has 0 saturated carbocycles. The van der Waals surface area contributed by atoms with Crippen LogP contribution in [0.2, 0.25) is 0 Å². The Kier molecular flexibility index (Phi) is 6.60. The van der Waals surface area contributed by atoms with Crippen molar-refractivity contribution in [3.8, 4) is 17.2 Å². The lowest BCUT2D eigenvalue weighted by molar-refractivity contribution is -0.328. The summed E-state index contributed by atoms with van der Waals surface area (Å²) in [7, 11) is 4.66. The fourth-order valence-corrected chi connectivity index (χ4v) is 3.36. The SMILES string of the molecule is CCOC(=O)[C@H]1[C@@H](c2cc(OC)c(OC)c(OC)c2)NC(=O)N(C)[C@]1(O)C(F)(F)F. The third-order valence-corrected chi connectivity index (χ3v) is 4.87. The lowest BCUT2D eigenvalue weighted by Gasteiger charge is -2.49. The zero-order valence-corrected chi connectivity index (χ0v) is 17.0. The highest BCUT2D eigenvalue weighted by Gasteiger charge is 2.69. The molecule has 2 rings (SSSR count). The van der Waals surface area contributed by atoms with E-state index in [9.17, 15) is 27.9 Å². The van der Waals surface area contributed by atoms with Gasteiger partial charge in [-0.1, -0.05) is 0 Å². The van der Waals surface area contributed by atoms with Crippen molar-refractivity contribution in [2.24, 2.45) is 5.92 Å². The standard InChI is InChI=1S/C18H23F3N2O7/c1-6-30-15(24)12-13(22-16(25)23(2)17(12,26)18(19,20)21)9-7-10(27-3)14(29-5)11(8-9)28-4/h7-8,12-13,26H,6H2,1-5H3,(H,22,25)/t12-,13-,17-/m1/s1. The molecule has 30 heavy (non-hydrogen) atoms. The van der Waals surface area contributed by atoms with E-state index in [0.717, 1.165) is 7.05 Å². The molecule has 1 heterocycles. The molecule has 1 saturated heterocycles. The highest BCUT2D eigenvalue weighted by Crippen LogP contribution is 2.49. The van der Waals surface area contributed by atoms with Crippen LogP contribution in [-0.2, 0) is 9.53 Å². The van der Waals surface area contributed by atoms with E-state index in [2.05, 4.69) is 5.32 Å². The van der Waals surface area contributed by atoms with Crippen molar-refractivity contribution in [1.29, 1.82) is 0 Å². The van der Waals surface area contributed by atoms with Crippen LogP contribution >= 0.6 is 0 Å². The van der Waals surface area contributed by atoms with Crippen molar-refractivity contribution in [3.63, 3.8) is 0 Å². The molecule has 0 bridgehead atoms. The van der Waals surface area contributed by atoms with Crippen LogP contribution in [0.4, 0.5) is 18.0 Å². The van der Waals surface area contributed by atoms with Gasteiger partial charge < -0.3 is 29.4 Å². The Labute approximate surface area is 170 Å². The summed E-state index contributed by atoms with van der Waals surface area (Å²) in [5.74, 6) is -3.27. The number of nitrogens with zero attached hydrogens (tertiary/aromatic N) is 1. The number of carbonyl (C=O) groups excluding carboxylic acids is 2. The molecule has 1 aliphatic heterocycles. The third kappa shape index (κ3) is 3.66. The van der Waals surface area contributed by atoms with Crippen LogP contribution in [0.3, 0.4) is 0 Å². The fraction of sp³-hybridized carbons (Fsp3) is 0.556. The average molecular weight is 436 g/mol. The largest absolute Gasteiger partial charge is 0.493 e. The van der Waals surface area contributed by atoms with Gasteiger partial charge in [-0.05, 0) is 24.6 Å². The van der Waals surface area contributed by atoms with Crippen LogP contribution in [0.25, 0.3) is 0 Å². The molecule has 12 heteroatoms. The summed E-state index contributed by atoms with van der Waals surface area (Å²) in [6.45, 7) is 1.17. The lowest BCUT2D eigenvalue weighted by Crippen LogP contribution is -2.73. The fourth-order valence-electron chi connectivity index (χ4n) is 3.36. The second-order valence-corrected chi connectivity index (χ2v) is 6.40. The Morgan fingerprint density at radius 2 is 1.73 bits per heavy atom. The summed E-state index contributed by atoms with van der Waals surface area (Å²) in [5, 5.41) is 13.0. The molecule has 0 aliphatic carbocycles. The number of methoxy groups -OCH3 is 3. The van der Waals surface area contributed by atoms with Crippen molar-refractivity contribution in [2.45, 2.75) is 24.9 Å². The first kappa shape index (κ1) is 23.4. The number of rotatable bonds is 6. The maximum Gasteiger partial charge on any atom is 0.437 e. The molecule has 168 valence electrons. The van der Waals surface area contributed by atoms with E-state index in [-0.39, 0.29) is 34.3 Å². The predicted molar refractivity (Wildman–Crippen MR) is 96.3 cm³/mol. The number of amides is 2. The molecule has 9 nitrogen and oxygen atoms in total. The van der Waals surface area contributed by atoms with Crippen LogP contribution in [0, 0.1) is 5.92 Å². The van der Waals surface area contributed by atoms with E-state index in [1.165, 1.54) is 40.4 Å². The van der Waals surface area contributed by atoms with Crippen molar-refractivity contribution >= 4 is 12.0 Å². The van der Waals surface area contributed by atoms with Crippen LogP contribution in [0.1, 0.15) is 18.5 Å². The number of hydrogen-bond acceptors (Lipinski definition) is 7. The molecule has 0 unspecified atom stereocenters. The second-order valence-electron chi connectivity index (χ2n) is 6.40. The number of esters is 1. The number of benzene rings is 1. The van der Waals surface area contributed by atoms with Crippen LogP contribution in [-0.4, -0.2) is 68.9 Å². The Balaban J connectivity index is 2.75. The predicted octanol–water partition coefficient (Wildman–Crippen LogP) is 1.84. The zero-order chi connectivity index (χ0) is 22.9. The third-order valence-electron chi connectivity index (χ3n) is 4.87. The number of hydrogen-bond donors (Lipinski definition) is 2. The van der Waals surface area contributed by atoms with Crippen LogP contribution in [0.5, 0.6) is 17.2 Å². The minimum absolute atomic E-state index is 0.00618. The number of ether oxygens (including phenoxy) is 4. The molecule has 1 aromatic carbocycles. The zero-order valence-electron chi connectivity index (χ0n) is 17.0.